The molecule has 1 atom stereocenters. The Bertz CT molecular complexity index is 970. The van der Waals surface area contributed by atoms with Crippen LogP contribution in [0.15, 0.2) is 28.7 Å². The first-order chi connectivity index (χ1) is 13.6. The summed E-state index contributed by atoms with van der Waals surface area (Å²) in [6.45, 7) is 2.24. The number of halogens is 1. The number of fused-ring (bicyclic) bond motifs is 1. The van der Waals surface area contributed by atoms with Crippen molar-refractivity contribution in [2.45, 2.75) is 26.0 Å². The van der Waals surface area contributed by atoms with Crippen molar-refractivity contribution in [2.24, 2.45) is 5.92 Å². The van der Waals surface area contributed by atoms with Gasteiger partial charge in [-0.3, -0.25) is 9.89 Å². The molecule has 1 amide bonds. The normalized spacial score (nSPS) is 17.2. The van der Waals surface area contributed by atoms with E-state index in [-0.39, 0.29) is 11.8 Å². The number of hydrogen-bond acceptors (Lipinski definition) is 6. The minimum absolute atomic E-state index is 0.0201. The number of nitrogens with zero attached hydrogens (tertiary/aromatic N) is 3. The molecule has 9 heteroatoms. The zero-order chi connectivity index (χ0) is 19.5. The molecule has 0 spiro atoms. The summed E-state index contributed by atoms with van der Waals surface area (Å²) in [6.07, 6.45) is 1.74. The van der Waals surface area contributed by atoms with Gasteiger partial charge in [0.25, 0.3) is 6.01 Å². The van der Waals surface area contributed by atoms with Crippen LogP contribution in [0.25, 0.3) is 11.1 Å². The van der Waals surface area contributed by atoms with Gasteiger partial charge in [-0.15, -0.1) is 0 Å². The molecule has 0 radical (unpaired) electrons. The number of piperidine rings is 1. The number of H-pyrrole nitrogens is 1. The van der Waals surface area contributed by atoms with Gasteiger partial charge in [-0.1, -0.05) is 11.6 Å². The average Bonchev–Trinajstić information content (AvgIpc) is 3.33. The number of benzene rings is 1. The van der Waals surface area contributed by atoms with E-state index in [2.05, 4.69) is 20.5 Å². The van der Waals surface area contributed by atoms with Gasteiger partial charge < -0.3 is 19.4 Å². The molecular formula is C19H22ClN5O3. The molecule has 148 valence electrons. The fraction of sp³-hybridized carbons (Fsp3) is 0.421. The third-order valence-electron chi connectivity index (χ3n) is 4.83. The highest BCUT2D eigenvalue weighted by Gasteiger charge is 2.28. The van der Waals surface area contributed by atoms with Gasteiger partial charge in [0.05, 0.1) is 30.5 Å². The summed E-state index contributed by atoms with van der Waals surface area (Å²) >= 11 is 6.02. The van der Waals surface area contributed by atoms with Crippen molar-refractivity contribution >= 4 is 34.6 Å². The lowest BCUT2D eigenvalue weighted by Gasteiger charge is -2.30. The van der Waals surface area contributed by atoms with Crippen LogP contribution in [0.5, 0.6) is 0 Å². The number of aromatic amines is 1. The molecule has 2 aromatic heterocycles. The van der Waals surface area contributed by atoms with E-state index in [0.29, 0.717) is 36.3 Å². The summed E-state index contributed by atoms with van der Waals surface area (Å²) in [5.74, 6) is -0.0968. The van der Waals surface area contributed by atoms with Crippen LogP contribution in [0, 0.1) is 5.92 Å². The standard InChI is InChI=1S/C19H22ClN5O3/c1-27-11-15-8-14(23-24-15)9-21-18(26)12-3-2-6-25(10-12)19-22-16-7-13(20)4-5-17(16)28-19/h4-5,7-8,12H,2-3,6,9-11H2,1H3,(H,21,26)(H,23,24). The number of rotatable bonds is 6. The first-order valence-corrected chi connectivity index (χ1v) is 9.61. The number of methoxy groups -OCH3 is 1. The monoisotopic (exact) mass is 403 g/mol. The maximum atomic E-state index is 12.6. The summed E-state index contributed by atoms with van der Waals surface area (Å²) in [4.78, 5) is 19.2. The molecule has 0 bridgehead atoms. The van der Waals surface area contributed by atoms with E-state index in [9.17, 15) is 4.79 Å². The summed E-state index contributed by atoms with van der Waals surface area (Å²) < 4.78 is 10.9. The number of carbonyl (C=O) groups is 1. The molecule has 1 unspecified atom stereocenters. The second-order valence-electron chi connectivity index (χ2n) is 6.93. The minimum atomic E-state index is -0.117. The second-order valence-corrected chi connectivity index (χ2v) is 7.37. The van der Waals surface area contributed by atoms with E-state index >= 15 is 0 Å². The summed E-state index contributed by atoms with van der Waals surface area (Å²) in [5.41, 5.74) is 3.08. The van der Waals surface area contributed by atoms with Gasteiger partial charge in [-0.25, -0.2) is 0 Å². The predicted molar refractivity (Wildman–Crippen MR) is 105 cm³/mol. The lowest BCUT2D eigenvalue weighted by atomic mass is 9.97. The maximum absolute atomic E-state index is 12.6. The van der Waals surface area contributed by atoms with Gasteiger partial charge in [0.1, 0.15) is 5.52 Å². The number of hydrogen-bond donors (Lipinski definition) is 2. The van der Waals surface area contributed by atoms with E-state index in [4.69, 9.17) is 20.8 Å². The van der Waals surface area contributed by atoms with E-state index < -0.39 is 0 Å². The average molecular weight is 404 g/mol. The molecule has 28 heavy (non-hydrogen) atoms. The van der Waals surface area contributed by atoms with Crippen molar-refractivity contribution in [3.63, 3.8) is 0 Å². The zero-order valence-corrected chi connectivity index (χ0v) is 16.3. The Hall–Kier alpha value is -2.58. The molecule has 1 aromatic carbocycles. The molecule has 8 nitrogen and oxygen atoms in total. The Kier molecular flexibility index (Phi) is 5.50. The SMILES string of the molecule is COCc1cc(CNC(=O)C2CCCN(c3nc4cc(Cl)ccc4o3)C2)[nH]n1. The Morgan fingerprint density at radius 3 is 3.21 bits per heavy atom. The van der Waals surface area contributed by atoms with Crippen LogP contribution >= 0.6 is 11.6 Å². The molecule has 0 saturated carbocycles. The van der Waals surface area contributed by atoms with Crippen LogP contribution in [0.4, 0.5) is 6.01 Å². The predicted octanol–water partition coefficient (Wildman–Crippen LogP) is 2.88. The molecule has 4 rings (SSSR count). The topological polar surface area (TPSA) is 96.3 Å². The van der Waals surface area contributed by atoms with Gasteiger partial charge in [0, 0.05) is 25.2 Å². The van der Waals surface area contributed by atoms with Crippen molar-refractivity contribution in [3.8, 4) is 0 Å². The van der Waals surface area contributed by atoms with Crippen molar-refractivity contribution in [1.29, 1.82) is 0 Å². The molecule has 2 N–H and O–H groups in total. The largest absolute Gasteiger partial charge is 0.423 e. The number of oxazole rings is 1. The molecular weight excluding hydrogens is 382 g/mol. The molecule has 1 aliphatic rings. The number of nitrogens with one attached hydrogen (secondary N) is 2. The van der Waals surface area contributed by atoms with Gasteiger partial charge >= 0.3 is 0 Å². The number of ether oxygens (including phenoxy) is 1. The second kappa shape index (κ2) is 8.20. The first kappa shape index (κ1) is 18.8. The molecule has 1 fully saturated rings. The van der Waals surface area contributed by atoms with E-state index in [1.54, 1.807) is 19.2 Å². The number of aromatic nitrogens is 3. The van der Waals surface area contributed by atoms with Crippen molar-refractivity contribution in [2.75, 3.05) is 25.1 Å². The highest BCUT2D eigenvalue weighted by atomic mass is 35.5. The number of amides is 1. The molecule has 3 aromatic rings. The summed E-state index contributed by atoms with van der Waals surface area (Å²) in [6, 6.07) is 7.79. The molecule has 1 saturated heterocycles. The van der Waals surface area contributed by atoms with Gasteiger partial charge in [0.2, 0.25) is 5.91 Å². The summed E-state index contributed by atoms with van der Waals surface area (Å²) in [5, 5.41) is 10.7. The van der Waals surface area contributed by atoms with Gasteiger partial charge in [-0.2, -0.15) is 10.1 Å². The quantitative estimate of drug-likeness (QED) is 0.657. The zero-order valence-electron chi connectivity index (χ0n) is 15.6. The van der Waals surface area contributed by atoms with Crippen LogP contribution in [0.3, 0.4) is 0 Å². The van der Waals surface area contributed by atoms with E-state index in [1.807, 2.05) is 17.0 Å². The van der Waals surface area contributed by atoms with Gasteiger partial charge in [-0.05, 0) is 37.1 Å². The van der Waals surface area contributed by atoms with Crippen molar-refractivity contribution in [3.05, 3.63) is 40.7 Å². The maximum Gasteiger partial charge on any atom is 0.298 e. The fourth-order valence-electron chi connectivity index (χ4n) is 3.44. The lowest BCUT2D eigenvalue weighted by molar-refractivity contribution is -0.125. The van der Waals surface area contributed by atoms with Crippen LogP contribution in [-0.2, 0) is 22.7 Å². The third kappa shape index (κ3) is 4.13. The lowest BCUT2D eigenvalue weighted by Crippen LogP contribution is -2.43. The highest BCUT2D eigenvalue weighted by Crippen LogP contribution is 2.28. The summed E-state index contributed by atoms with van der Waals surface area (Å²) in [7, 11) is 1.62. The van der Waals surface area contributed by atoms with Crippen molar-refractivity contribution < 1.29 is 13.9 Å². The smallest absolute Gasteiger partial charge is 0.298 e. The van der Waals surface area contributed by atoms with E-state index in [0.717, 1.165) is 36.3 Å². The molecule has 3 heterocycles. The Labute approximate surface area is 167 Å². The van der Waals surface area contributed by atoms with Gasteiger partial charge in [0.15, 0.2) is 5.58 Å². The molecule has 1 aliphatic heterocycles. The number of anilines is 1. The van der Waals surface area contributed by atoms with Crippen molar-refractivity contribution in [1.82, 2.24) is 20.5 Å². The Morgan fingerprint density at radius 1 is 1.46 bits per heavy atom. The fourth-order valence-corrected chi connectivity index (χ4v) is 3.60. The van der Waals surface area contributed by atoms with Crippen LogP contribution in [0.1, 0.15) is 24.2 Å². The van der Waals surface area contributed by atoms with Crippen LogP contribution in [0.2, 0.25) is 5.02 Å². The van der Waals surface area contributed by atoms with Crippen LogP contribution in [-0.4, -0.2) is 41.3 Å². The molecule has 0 aliphatic carbocycles. The Balaban J connectivity index is 1.37. The third-order valence-corrected chi connectivity index (χ3v) is 5.07. The number of carbonyl (C=O) groups excluding carboxylic acids is 1. The van der Waals surface area contributed by atoms with E-state index in [1.165, 1.54) is 0 Å². The Morgan fingerprint density at radius 2 is 2.36 bits per heavy atom. The van der Waals surface area contributed by atoms with Crippen LogP contribution < -0.4 is 10.2 Å². The minimum Gasteiger partial charge on any atom is -0.423 e. The highest BCUT2D eigenvalue weighted by molar-refractivity contribution is 6.31. The first-order valence-electron chi connectivity index (χ1n) is 9.23.